The second-order valence-corrected chi connectivity index (χ2v) is 8.35. The largest absolute Gasteiger partial charge is 0.357 e. The van der Waals surface area contributed by atoms with Crippen molar-refractivity contribution in [3.63, 3.8) is 0 Å². The summed E-state index contributed by atoms with van der Waals surface area (Å²) in [4.78, 5) is 32.8. The number of guanidine groups is 1. The zero-order valence-electron chi connectivity index (χ0n) is 19.3. The number of benzene rings is 1. The van der Waals surface area contributed by atoms with Crippen LogP contribution in [0.3, 0.4) is 0 Å². The van der Waals surface area contributed by atoms with Gasteiger partial charge in [0, 0.05) is 52.1 Å². The van der Waals surface area contributed by atoms with Crippen molar-refractivity contribution in [3.8, 4) is 0 Å². The molecule has 1 aromatic rings. The molecule has 7 nitrogen and oxygen atoms in total. The van der Waals surface area contributed by atoms with Gasteiger partial charge in [-0.2, -0.15) is 0 Å². The number of carbonyl (C=O) groups is 2. The topological polar surface area (TPSA) is 77.0 Å². The van der Waals surface area contributed by atoms with Crippen LogP contribution < -0.4 is 10.6 Å². The van der Waals surface area contributed by atoms with E-state index in [4.69, 9.17) is 4.99 Å². The van der Waals surface area contributed by atoms with E-state index >= 15 is 0 Å². The van der Waals surface area contributed by atoms with Crippen LogP contribution in [0.5, 0.6) is 0 Å². The average Bonchev–Trinajstić information content (AvgIpc) is 3.06. The molecule has 1 aromatic carbocycles. The Bertz CT molecular complexity index is 771. The zero-order valence-corrected chi connectivity index (χ0v) is 21.6. The molecular formula is C24H38IN5O2. The molecule has 0 spiro atoms. The molecule has 2 heterocycles. The molecule has 178 valence electrons. The molecule has 3 rings (SSSR count). The summed E-state index contributed by atoms with van der Waals surface area (Å²) in [5.74, 6) is 1.33. The first-order valence-electron chi connectivity index (χ1n) is 11.8. The van der Waals surface area contributed by atoms with Crippen LogP contribution in [-0.4, -0.2) is 60.3 Å². The molecule has 0 aromatic heterocycles. The van der Waals surface area contributed by atoms with Crippen LogP contribution in [0.15, 0.2) is 29.3 Å². The number of hydrogen-bond acceptors (Lipinski definition) is 3. The third-order valence-corrected chi connectivity index (χ3v) is 5.97. The lowest BCUT2D eigenvalue weighted by molar-refractivity contribution is -0.130. The van der Waals surface area contributed by atoms with Gasteiger partial charge in [-0.25, -0.2) is 4.99 Å². The lowest BCUT2D eigenvalue weighted by Crippen LogP contribution is -2.39. The predicted molar refractivity (Wildman–Crippen MR) is 139 cm³/mol. The van der Waals surface area contributed by atoms with E-state index in [-0.39, 0.29) is 29.9 Å². The Morgan fingerprint density at radius 2 is 1.66 bits per heavy atom. The summed E-state index contributed by atoms with van der Waals surface area (Å²) in [6, 6.07) is 8.23. The molecule has 0 saturated carbocycles. The maximum atomic E-state index is 12.1. The van der Waals surface area contributed by atoms with Crippen molar-refractivity contribution < 1.29 is 9.59 Å². The zero-order chi connectivity index (χ0) is 21.9. The number of amides is 2. The van der Waals surface area contributed by atoms with Gasteiger partial charge in [0.25, 0.3) is 0 Å². The Morgan fingerprint density at radius 1 is 0.938 bits per heavy atom. The molecule has 0 aliphatic carbocycles. The van der Waals surface area contributed by atoms with Crippen LogP contribution in [0.2, 0.25) is 0 Å². The summed E-state index contributed by atoms with van der Waals surface area (Å²) in [6.07, 6.45) is 6.52. The Labute approximate surface area is 209 Å². The molecule has 0 bridgehead atoms. The fourth-order valence-corrected chi connectivity index (χ4v) is 4.20. The van der Waals surface area contributed by atoms with Gasteiger partial charge in [0.2, 0.25) is 11.8 Å². The van der Waals surface area contributed by atoms with E-state index in [2.05, 4.69) is 29.7 Å². The van der Waals surface area contributed by atoms with Crippen LogP contribution in [0.1, 0.15) is 63.0 Å². The van der Waals surface area contributed by atoms with Gasteiger partial charge >= 0.3 is 0 Å². The molecule has 2 aliphatic rings. The van der Waals surface area contributed by atoms with E-state index in [9.17, 15) is 9.59 Å². The van der Waals surface area contributed by atoms with Gasteiger partial charge in [-0.15, -0.1) is 24.0 Å². The number of rotatable bonds is 9. The lowest BCUT2D eigenvalue weighted by atomic mass is 10.1. The third-order valence-electron chi connectivity index (χ3n) is 5.97. The van der Waals surface area contributed by atoms with Crippen LogP contribution in [0.25, 0.3) is 0 Å². The van der Waals surface area contributed by atoms with E-state index < -0.39 is 0 Å². The molecule has 2 saturated heterocycles. The number of nitrogens with zero attached hydrogens (tertiary/aromatic N) is 3. The summed E-state index contributed by atoms with van der Waals surface area (Å²) in [7, 11) is 0. The monoisotopic (exact) mass is 555 g/mol. The van der Waals surface area contributed by atoms with Gasteiger partial charge < -0.3 is 20.4 Å². The van der Waals surface area contributed by atoms with Crippen molar-refractivity contribution >= 4 is 41.8 Å². The second-order valence-electron chi connectivity index (χ2n) is 8.35. The molecule has 0 unspecified atom stereocenters. The van der Waals surface area contributed by atoms with Gasteiger partial charge in [-0.05, 0) is 43.7 Å². The fraction of sp³-hybridized carbons (Fsp3) is 0.625. The molecule has 2 fully saturated rings. The number of carbonyl (C=O) groups excluding carboxylic acids is 2. The van der Waals surface area contributed by atoms with Crippen molar-refractivity contribution in [2.75, 3.05) is 32.7 Å². The van der Waals surface area contributed by atoms with Crippen molar-refractivity contribution in [1.82, 2.24) is 20.4 Å². The van der Waals surface area contributed by atoms with Gasteiger partial charge in [0.05, 0.1) is 6.54 Å². The Hall–Kier alpha value is -1.84. The van der Waals surface area contributed by atoms with Crippen molar-refractivity contribution in [2.24, 2.45) is 4.99 Å². The van der Waals surface area contributed by atoms with E-state index in [1.54, 1.807) is 0 Å². The standard InChI is InChI=1S/C24H37N5O2.HI/c1-2-25-24(26-14-9-17-28-15-7-3-4-12-22(28)30)27-18-20-10-5-6-11-21(20)19-29-16-8-13-23(29)31;/h5-6,10-11H,2-4,7-9,12-19H2,1H3,(H2,25,26,27);1H. The number of halogens is 1. The molecule has 2 amide bonds. The van der Waals surface area contributed by atoms with E-state index in [0.717, 1.165) is 81.9 Å². The summed E-state index contributed by atoms with van der Waals surface area (Å²) in [5.41, 5.74) is 2.31. The minimum atomic E-state index is 0. The summed E-state index contributed by atoms with van der Waals surface area (Å²) in [5, 5.41) is 6.70. The summed E-state index contributed by atoms with van der Waals surface area (Å²) in [6.45, 7) is 7.40. The van der Waals surface area contributed by atoms with Crippen molar-refractivity contribution in [2.45, 2.75) is 65.0 Å². The second kappa shape index (κ2) is 14.3. The van der Waals surface area contributed by atoms with E-state index in [1.165, 1.54) is 0 Å². The highest BCUT2D eigenvalue weighted by molar-refractivity contribution is 14.0. The Morgan fingerprint density at radius 3 is 2.41 bits per heavy atom. The Kier molecular flexibility index (Phi) is 11.8. The molecular weight excluding hydrogens is 517 g/mol. The van der Waals surface area contributed by atoms with Crippen LogP contribution in [-0.2, 0) is 22.7 Å². The maximum Gasteiger partial charge on any atom is 0.222 e. The number of hydrogen-bond donors (Lipinski definition) is 2. The Balaban J connectivity index is 0.00000363. The first-order chi connectivity index (χ1) is 15.2. The van der Waals surface area contributed by atoms with Gasteiger partial charge in [0.1, 0.15) is 0 Å². The van der Waals surface area contributed by atoms with Gasteiger partial charge in [-0.1, -0.05) is 30.7 Å². The third kappa shape index (κ3) is 8.26. The number of aliphatic imine (C=N–C) groups is 1. The molecule has 0 radical (unpaired) electrons. The SMILES string of the molecule is CCNC(=NCc1ccccc1CN1CCCC1=O)NCCCN1CCCCCC1=O.I. The first kappa shape index (κ1) is 26.4. The van der Waals surface area contributed by atoms with Gasteiger partial charge in [0.15, 0.2) is 5.96 Å². The fourth-order valence-electron chi connectivity index (χ4n) is 4.20. The first-order valence-corrected chi connectivity index (χ1v) is 11.8. The highest BCUT2D eigenvalue weighted by Gasteiger charge is 2.21. The van der Waals surface area contributed by atoms with Crippen molar-refractivity contribution in [1.29, 1.82) is 0 Å². The van der Waals surface area contributed by atoms with Crippen molar-refractivity contribution in [3.05, 3.63) is 35.4 Å². The minimum Gasteiger partial charge on any atom is -0.357 e. The normalized spacial score (nSPS) is 17.2. The van der Waals surface area contributed by atoms with Gasteiger partial charge in [-0.3, -0.25) is 9.59 Å². The van der Waals surface area contributed by atoms with E-state index in [1.807, 2.05) is 21.9 Å². The summed E-state index contributed by atoms with van der Waals surface area (Å²) < 4.78 is 0. The molecule has 2 N–H and O–H groups in total. The molecule has 8 heteroatoms. The highest BCUT2D eigenvalue weighted by atomic mass is 127. The number of nitrogens with one attached hydrogen (secondary N) is 2. The lowest BCUT2D eigenvalue weighted by Gasteiger charge is -2.21. The van der Waals surface area contributed by atoms with Crippen LogP contribution in [0.4, 0.5) is 0 Å². The maximum absolute atomic E-state index is 12.1. The van der Waals surface area contributed by atoms with E-state index in [0.29, 0.717) is 31.8 Å². The smallest absolute Gasteiger partial charge is 0.222 e. The average molecular weight is 556 g/mol. The molecule has 32 heavy (non-hydrogen) atoms. The summed E-state index contributed by atoms with van der Waals surface area (Å²) >= 11 is 0. The highest BCUT2D eigenvalue weighted by Crippen LogP contribution is 2.18. The quantitative estimate of drug-likeness (QED) is 0.212. The molecule has 2 aliphatic heterocycles. The minimum absolute atomic E-state index is 0. The molecule has 0 atom stereocenters. The predicted octanol–water partition coefficient (Wildman–Crippen LogP) is 3.27. The number of likely N-dealkylation sites (tertiary alicyclic amines) is 2. The van der Waals surface area contributed by atoms with Crippen LogP contribution in [0, 0.1) is 0 Å². The van der Waals surface area contributed by atoms with Crippen LogP contribution >= 0.6 is 24.0 Å².